The van der Waals surface area contributed by atoms with E-state index >= 15 is 0 Å². The molecule has 0 aliphatic rings. The molecule has 0 aliphatic carbocycles. The molecule has 0 spiro atoms. The monoisotopic (exact) mass is 349 g/mol. The van der Waals surface area contributed by atoms with Crippen molar-refractivity contribution in [1.29, 1.82) is 0 Å². The van der Waals surface area contributed by atoms with Crippen LogP contribution in [0.4, 0.5) is 13.2 Å². The molecule has 0 unspecified atom stereocenters. The number of carbonyl (C=O) groups is 1. The molecule has 2 rings (SSSR count). The summed E-state index contributed by atoms with van der Waals surface area (Å²) in [5, 5.41) is 9.06. The second-order valence-corrected chi connectivity index (χ2v) is 4.65. The first kappa shape index (κ1) is 14.4. The molecule has 0 saturated carbocycles. The highest BCUT2D eigenvalue weighted by atomic mass is 79.9. The van der Waals surface area contributed by atoms with Crippen molar-refractivity contribution >= 4 is 21.9 Å². The van der Waals surface area contributed by atoms with Crippen LogP contribution in [0.1, 0.15) is 10.5 Å². The van der Waals surface area contributed by atoms with Gasteiger partial charge in [0.25, 0.3) is 0 Å². The molecule has 0 atom stereocenters. The summed E-state index contributed by atoms with van der Waals surface area (Å²) in [6.07, 6.45) is -3.51. The van der Waals surface area contributed by atoms with E-state index in [2.05, 4.69) is 20.7 Å². The van der Waals surface area contributed by atoms with Gasteiger partial charge in [0.1, 0.15) is 5.69 Å². The maximum atomic E-state index is 12.3. The Labute approximate surface area is 119 Å². The van der Waals surface area contributed by atoms with E-state index in [0.29, 0.717) is 4.47 Å². The fourth-order valence-electron chi connectivity index (χ4n) is 1.66. The molecule has 0 saturated heterocycles. The lowest BCUT2D eigenvalue weighted by Gasteiger charge is -2.14. The van der Waals surface area contributed by atoms with E-state index in [1.165, 1.54) is 30.5 Å². The van der Waals surface area contributed by atoms with E-state index in [0.717, 1.165) is 10.6 Å². The predicted molar refractivity (Wildman–Crippen MR) is 67.1 cm³/mol. The van der Waals surface area contributed by atoms with Gasteiger partial charge in [-0.25, -0.2) is 4.79 Å². The summed E-state index contributed by atoms with van der Waals surface area (Å²) in [7, 11) is 0. The predicted octanol–water partition coefficient (Wildman–Crippen LogP) is 3.84. The third kappa shape index (κ3) is 3.13. The second-order valence-electron chi connectivity index (χ2n) is 3.73. The molecule has 1 heterocycles. The van der Waals surface area contributed by atoms with Gasteiger partial charge in [0.05, 0.1) is 5.69 Å². The standard InChI is InChI=1S/C12H7BrF3NO3/c13-7-5-9(11(18)19)17(6-7)8-3-1-2-4-10(8)20-12(14,15)16/h1-6H,(H,18,19). The van der Waals surface area contributed by atoms with Crippen LogP contribution in [0.5, 0.6) is 5.75 Å². The first-order valence-corrected chi connectivity index (χ1v) is 6.03. The summed E-state index contributed by atoms with van der Waals surface area (Å²) >= 11 is 3.09. The third-order valence-corrected chi connectivity index (χ3v) is 2.79. The largest absolute Gasteiger partial charge is 0.573 e. The molecule has 0 aliphatic heterocycles. The smallest absolute Gasteiger partial charge is 0.477 e. The molecule has 4 nitrogen and oxygen atoms in total. The number of aromatic carboxylic acids is 1. The molecular weight excluding hydrogens is 343 g/mol. The Kier molecular flexibility index (Phi) is 3.76. The van der Waals surface area contributed by atoms with E-state index in [1.54, 1.807) is 0 Å². The van der Waals surface area contributed by atoms with Crippen LogP contribution in [-0.4, -0.2) is 22.0 Å². The van der Waals surface area contributed by atoms with Crippen molar-refractivity contribution in [1.82, 2.24) is 4.57 Å². The zero-order valence-electron chi connectivity index (χ0n) is 9.69. The quantitative estimate of drug-likeness (QED) is 0.915. The highest BCUT2D eigenvalue weighted by Gasteiger charge is 2.32. The average molecular weight is 350 g/mol. The van der Waals surface area contributed by atoms with Crippen molar-refractivity contribution in [2.75, 3.05) is 0 Å². The number of hydrogen-bond donors (Lipinski definition) is 1. The van der Waals surface area contributed by atoms with Crippen LogP contribution in [0.3, 0.4) is 0 Å². The van der Waals surface area contributed by atoms with Crippen LogP contribution in [-0.2, 0) is 0 Å². The number of alkyl halides is 3. The van der Waals surface area contributed by atoms with E-state index < -0.39 is 18.1 Å². The molecule has 20 heavy (non-hydrogen) atoms. The van der Waals surface area contributed by atoms with Crippen LogP contribution >= 0.6 is 15.9 Å². The molecule has 106 valence electrons. The lowest BCUT2D eigenvalue weighted by Crippen LogP contribution is -2.18. The number of ether oxygens (including phenoxy) is 1. The maximum Gasteiger partial charge on any atom is 0.573 e. The minimum Gasteiger partial charge on any atom is -0.477 e. The second kappa shape index (κ2) is 5.20. The van der Waals surface area contributed by atoms with Gasteiger partial charge in [0.15, 0.2) is 5.75 Å². The molecule has 0 bridgehead atoms. The van der Waals surface area contributed by atoms with E-state index in [9.17, 15) is 18.0 Å². The molecule has 0 radical (unpaired) electrons. The Hall–Kier alpha value is -1.96. The Morgan fingerprint density at radius 3 is 2.55 bits per heavy atom. The van der Waals surface area contributed by atoms with Crippen molar-refractivity contribution in [3.63, 3.8) is 0 Å². The summed E-state index contributed by atoms with van der Waals surface area (Å²) in [5.41, 5.74) is -0.206. The Morgan fingerprint density at radius 1 is 1.30 bits per heavy atom. The zero-order valence-corrected chi connectivity index (χ0v) is 11.3. The van der Waals surface area contributed by atoms with Gasteiger partial charge in [-0.15, -0.1) is 13.2 Å². The number of carboxylic acid groups (broad SMARTS) is 1. The summed E-state index contributed by atoms with van der Waals surface area (Å²) in [6.45, 7) is 0. The van der Waals surface area contributed by atoms with Crippen molar-refractivity contribution in [3.05, 3.63) is 46.7 Å². The molecule has 1 N–H and O–H groups in total. The number of benzene rings is 1. The minimum absolute atomic E-state index is 0.0204. The van der Waals surface area contributed by atoms with Crippen molar-refractivity contribution in [2.45, 2.75) is 6.36 Å². The van der Waals surface area contributed by atoms with Gasteiger partial charge >= 0.3 is 12.3 Å². The zero-order chi connectivity index (χ0) is 14.9. The lowest BCUT2D eigenvalue weighted by atomic mass is 10.3. The van der Waals surface area contributed by atoms with E-state index in [4.69, 9.17) is 5.11 Å². The summed E-state index contributed by atoms with van der Waals surface area (Å²) < 4.78 is 42.5. The number of rotatable bonds is 3. The summed E-state index contributed by atoms with van der Waals surface area (Å²) in [5.74, 6) is -1.75. The van der Waals surface area contributed by atoms with Gasteiger partial charge in [-0.3, -0.25) is 0 Å². The molecule has 2 aromatic rings. The van der Waals surface area contributed by atoms with Crippen molar-refractivity contribution in [3.8, 4) is 11.4 Å². The lowest BCUT2D eigenvalue weighted by molar-refractivity contribution is -0.274. The van der Waals surface area contributed by atoms with Gasteiger partial charge < -0.3 is 14.4 Å². The molecule has 1 aromatic heterocycles. The number of aromatic nitrogens is 1. The SMILES string of the molecule is O=C(O)c1cc(Br)cn1-c1ccccc1OC(F)(F)F. The summed E-state index contributed by atoms with van der Waals surface area (Å²) in [6, 6.07) is 6.58. The van der Waals surface area contributed by atoms with Crippen LogP contribution < -0.4 is 4.74 Å². The van der Waals surface area contributed by atoms with Gasteiger partial charge in [-0.05, 0) is 34.1 Å². The Morgan fingerprint density at radius 2 is 1.95 bits per heavy atom. The highest BCUT2D eigenvalue weighted by molar-refractivity contribution is 9.10. The Bertz CT molecular complexity index is 652. The fourth-order valence-corrected chi connectivity index (χ4v) is 2.08. The van der Waals surface area contributed by atoms with Crippen LogP contribution in [0.15, 0.2) is 41.0 Å². The summed E-state index contributed by atoms with van der Waals surface area (Å²) in [4.78, 5) is 11.1. The molecular formula is C12H7BrF3NO3. The fraction of sp³-hybridized carbons (Fsp3) is 0.0833. The van der Waals surface area contributed by atoms with E-state index in [-0.39, 0.29) is 11.4 Å². The number of hydrogen-bond acceptors (Lipinski definition) is 2. The van der Waals surface area contributed by atoms with Crippen LogP contribution in [0.25, 0.3) is 5.69 Å². The molecule has 0 amide bonds. The number of halogens is 4. The number of para-hydroxylation sites is 2. The number of nitrogens with zero attached hydrogens (tertiary/aromatic N) is 1. The normalized spacial score (nSPS) is 11.4. The molecule has 0 fully saturated rings. The Balaban J connectivity index is 2.56. The highest BCUT2D eigenvalue weighted by Crippen LogP contribution is 2.31. The van der Waals surface area contributed by atoms with Crippen LogP contribution in [0.2, 0.25) is 0 Å². The van der Waals surface area contributed by atoms with Gasteiger partial charge in [0.2, 0.25) is 0 Å². The average Bonchev–Trinajstić information content (AvgIpc) is 2.70. The molecule has 8 heteroatoms. The van der Waals surface area contributed by atoms with Crippen molar-refractivity contribution < 1.29 is 27.8 Å². The number of carboxylic acids is 1. The van der Waals surface area contributed by atoms with Crippen LogP contribution in [0, 0.1) is 0 Å². The van der Waals surface area contributed by atoms with E-state index in [1.807, 2.05) is 0 Å². The van der Waals surface area contributed by atoms with Gasteiger partial charge in [0, 0.05) is 10.7 Å². The molecule has 1 aromatic carbocycles. The topological polar surface area (TPSA) is 51.5 Å². The van der Waals surface area contributed by atoms with Gasteiger partial charge in [-0.2, -0.15) is 0 Å². The maximum absolute atomic E-state index is 12.3. The van der Waals surface area contributed by atoms with Gasteiger partial charge in [-0.1, -0.05) is 12.1 Å². The minimum atomic E-state index is -4.86. The first-order valence-electron chi connectivity index (χ1n) is 5.24. The third-order valence-electron chi connectivity index (χ3n) is 2.36. The van der Waals surface area contributed by atoms with Crippen molar-refractivity contribution in [2.24, 2.45) is 0 Å². The first-order chi connectivity index (χ1) is 9.28.